The van der Waals surface area contributed by atoms with E-state index in [9.17, 15) is 4.79 Å². The molecule has 596 valence electrons. The van der Waals surface area contributed by atoms with Gasteiger partial charge in [-0.3, -0.25) is 4.79 Å². The van der Waals surface area contributed by atoms with E-state index >= 15 is 0 Å². The Bertz CT molecular complexity index is 6600. The predicted molar refractivity (Wildman–Crippen MR) is 530 cm³/mol. The highest BCUT2D eigenvalue weighted by Gasteiger charge is 2.53. The van der Waals surface area contributed by atoms with Crippen molar-refractivity contribution in [3.8, 4) is 11.1 Å². The number of hydrogen-bond acceptors (Lipinski definition) is 6. The van der Waals surface area contributed by atoms with Crippen molar-refractivity contribution < 1.29 is 0 Å². The number of nitrogens with zero attached hydrogens (tertiary/aromatic N) is 6. The second-order valence-electron chi connectivity index (χ2n) is 31.6. The van der Waals surface area contributed by atoms with Gasteiger partial charge >= 0.3 is 0 Å². The van der Waals surface area contributed by atoms with Gasteiger partial charge in [0.1, 0.15) is 0 Å². The number of fused-ring (bicyclic) bond motifs is 20. The molecule has 0 radical (unpaired) electrons. The maximum atomic E-state index is 12.2. The number of anilines is 8. The van der Waals surface area contributed by atoms with Crippen LogP contribution in [0.4, 0.5) is 45.5 Å². The fraction of sp³-hybridized carbons (Fsp3) is 0.108. The lowest BCUT2D eigenvalue weighted by Gasteiger charge is -2.43. The first-order chi connectivity index (χ1) is 58.1. The molecule has 0 atom stereocenters. The maximum absolute atomic E-state index is 12.2. The van der Waals surface area contributed by atoms with Crippen LogP contribution in [0.25, 0.3) is 66.9 Å². The van der Waals surface area contributed by atoms with Gasteiger partial charge in [0.25, 0.3) is 0 Å². The smallest absolute Gasteiger partial charge is 0.197 e. The van der Waals surface area contributed by atoms with Crippen LogP contribution in [0.1, 0.15) is 48.2 Å². The first-order valence-electron chi connectivity index (χ1n) is 40.9. The standard InChI is InChI=1S/C27H23NSi.C25H21NSi.C15H15N.C15H13N.C14H11NO.C13H11NS.2CH4/c1-18-12-14-24-20(16-18)21-17-19(2)13-15-25(21)29(24)26-10-6-4-8-22(26)28(3)23-9-5-7-11-27(23)29;1-26-22-16-8-10-18-24(22)27(20-12-4-2-5-13-20,21-14-6-3-7-15-21)25-19-11-9-17-23(25)26;1-10-4-6-14-12(8-10)13-9-11(2)5-7-15(13)16(14)3;1-16-14-8-4-2-6-12(14)10-11-13-7-3-5-9-15(13)16;1-15-12-8-4-2-6-10(12)14(16)11-7-3-5-9-13(11)15;1-14-10-6-2-4-8-12(10)15-13-9-5-3-7-11(13)14;;/h4-17H,1-3H3;2-19H,1H3;4-9H,1-3H3;2-11H,1H3;2-9H,1H3;2-9H,1H3;2*1H4. The lowest BCUT2D eigenvalue weighted by molar-refractivity contribution is 1.00. The zero-order chi connectivity index (χ0) is 81.6. The van der Waals surface area contributed by atoms with Crippen molar-refractivity contribution in [2.24, 2.45) is 14.1 Å². The minimum absolute atomic E-state index is 0. The fourth-order valence-electron chi connectivity index (χ4n) is 18.9. The van der Waals surface area contributed by atoms with Crippen LogP contribution in [0.2, 0.25) is 0 Å². The molecular weight excluding hydrogens is 1520 g/mol. The molecule has 0 saturated heterocycles. The average Bonchev–Trinajstić information content (AvgIpc) is 1.49. The number of aromatic nitrogens is 2. The quantitative estimate of drug-likeness (QED) is 0.127. The highest BCUT2D eigenvalue weighted by atomic mass is 32.2. The van der Waals surface area contributed by atoms with Crippen molar-refractivity contribution in [1.29, 1.82) is 0 Å². The van der Waals surface area contributed by atoms with Crippen molar-refractivity contribution in [2.45, 2.75) is 52.3 Å². The normalized spacial score (nSPS) is 13.1. The van der Waals surface area contributed by atoms with Crippen LogP contribution < -0.4 is 66.5 Å². The van der Waals surface area contributed by atoms with Crippen LogP contribution in [0.3, 0.4) is 0 Å². The molecule has 0 fully saturated rings. The summed E-state index contributed by atoms with van der Waals surface area (Å²) in [5.74, 6) is 0. The van der Waals surface area contributed by atoms with Gasteiger partial charge < -0.3 is 28.7 Å². The Morgan fingerprint density at radius 3 is 0.917 bits per heavy atom. The number of pyridine rings is 1. The summed E-state index contributed by atoms with van der Waals surface area (Å²) >= 11 is 1.84. The van der Waals surface area contributed by atoms with E-state index in [-0.39, 0.29) is 20.3 Å². The van der Waals surface area contributed by atoms with Crippen molar-refractivity contribution in [2.75, 3.05) is 47.8 Å². The Morgan fingerprint density at radius 2 is 0.521 bits per heavy atom. The van der Waals surface area contributed by atoms with Crippen LogP contribution in [-0.2, 0) is 14.1 Å². The summed E-state index contributed by atoms with van der Waals surface area (Å²) in [6, 6.07) is 135. The zero-order valence-electron chi connectivity index (χ0n) is 69.0. The van der Waals surface area contributed by atoms with E-state index in [0.29, 0.717) is 0 Å². The van der Waals surface area contributed by atoms with E-state index in [4.69, 9.17) is 0 Å². The number of aryl methyl sites for hydroxylation is 6. The van der Waals surface area contributed by atoms with Gasteiger partial charge in [0.2, 0.25) is 0 Å². The Hall–Kier alpha value is -13.5. The predicted octanol–water partition coefficient (Wildman–Crippen LogP) is 22.7. The van der Waals surface area contributed by atoms with Gasteiger partial charge in [-0.15, -0.1) is 0 Å². The zero-order valence-corrected chi connectivity index (χ0v) is 71.8. The second kappa shape index (κ2) is 34.1. The molecular formula is C111H102N6OSSi2. The minimum Gasteiger partial charge on any atom is -0.345 e. The molecule has 5 aliphatic heterocycles. The molecule has 2 aromatic heterocycles. The molecule has 7 heterocycles. The Balaban J connectivity index is 0.000000110. The molecule has 18 aromatic rings. The molecule has 1 spiro atoms. The highest BCUT2D eigenvalue weighted by molar-refractivity contribution is 7.99. The molecule has 0 N–H and O–H groups in total. The van der Waals surface area contributed by atoms with Crippen molar-refractivity contribution >= 4 is 171 Å². The van der Waals surface area contributed by atoms with Crippen LogP contribution in [-0.4, -0.2) is 53.5 Å². The van der Waals surface area contributed by atoms with E-state index in [2.05, 4.69) is 431 Å². The van der Waals surface area contributed by atoms with Crippen LogP contribution in [0.15, 0.2) is 391 Å². The van der Waals surface area contributed by atoms with Crippen molar-refractivity contribution in [1.82, 2.24) is 9.13 Å². The number of benzene rings is 16. The summed E-state index contributed by atoms with van der Waals surface area (Å²) in [6.45, 7) is 8.71. The van der Waals surface area contributed by atoms with Crippen molar-refractivity contribution in [3.63, 3.8) is 0 Å². The minimum atomic E-state index is -2.36. The van der Waals surface area contributed by atoms with Gasteiger partial charge in [-0.1, -0.05) is 328 Å². The second-order valence-corrected chi connectivity index (χ2v) is 40.1. The number of rotatable bonds is 2. The van der Waals surface area contributed by atoms with E-state index in [1.54, 1.807) is 0 Å². The monoisotopic (exact) mass is 1620 g/mol. The van der Waals surface area contributed by atoms with Crippen LogP contribution in [0.5, 0.6) is 0 Å². The molecule has 5 aliphatic rings. The van der Waals surface area contributed by atoms with Crippen LogP contribution in [0, 0.1) is 27.7 Å². The average molecular weight is 1620 g/mol. The Labute approximate surface area is 719 Å². The maximum Gasteiger partial charge on any atom is 0.197 e. The summed E-state index contributed by atoms with van der Waals surface area (Å²) in [7, 11) is 8.07. The molecule has 7 nitrogen and oxygen atoms in total. The van der Waals surface area contributed by atoms with E-state index in [1.165, 1.54) is 163 Å². The summed E-state index contributed by atoms with van der Waals surface area (Å²) in [6.07, 6.45) is 4.36. The van der Waals surface area contributed by atoms with Gasteiger partial charge in [-0.25, -0.2) is 0 Å². The van der Waals surface area contributed by atoms with Gasteiger partial charge in [-0.2, -0.15) is 0 Å². The number of hydrogen-bond donors (Lipinski definition) is 0. The summed E-state index contributed by atoms with van der Waals surface area (Å²) in [5, 5.41) is 16.2. The van der Waals surface area contributed by atoms with Gasteiger partial charge in [0.15, 0.2) is 21.6 Å². The topological polar surface area (TPSA) is 39.9 Å². The Morgan fingerprint density at radius 1 is 0.240 bits per heavy atom. The van der Waals surface area contributed by atoms with Gasteiger partial charge in [0.05, 0.1) is 22.4 Å². The third-order valence-electron chi connectivity index (χ3n) is 24.6. The third kappa shape index (κ3) is 14.3. The SMILES string of the molecule is C.C.CN1c2ccccc2C=Cc2ccccc21.CN1c2ccccc2Sc2ccccc21.CN1c2ccccc2[Si](c2ccccc2)(c2ccccc2)c2ccccc21.Cc1ccc2c(c1)-c1cc(C)ccc1[Si]21c2ccccc2N(C)c2ccccc21.Cc1ccc2c(c1)c1cc(C)ccc1n2C.Cn1c2ccccc2c(=O)c2ccccc21. The first kappa shape index (κ1) is 81.3. The summed E-state index contributed by atoms with van der Waals surface area (Å²) in [5.41, 5.74) is 25.8. The fourth-order valence-corrected chi connectivity index (χ4v) is 30.8. The van der Waals surface area contributed by atoms with Gasteiger partial charge in [0, 0.05) is 119 Å². The summed E-state index contributed by atoms with van der Waals surface area (Å²) < 4.78 is 4.33. The lowest BCUT2D eigenvalue weighted by Crippen LogP contribution is -2.77. The Kier molecular flexibility index (Phi) is 22.9. The molecule has 16 aromatic carbocycles. The number of para-hydroxylation sites is 10. The first-order valence-corrected chi connectivity index (χ1v) is 45.8. The molecule has 0 bridgehead atoms. The molecule has 10 heteroatoms. The molecule has 0 saturated carbocycles. The molecule has 0 unspecified atom stereocenters. The van der Waals surface area contributed by atoms with Gasteiger partial charge in [-0.05, 0) is 201 Å². The molecule has 23 rings (SSSR count). The molecule has 0 aliphatic carbocycles. The van der Waals surface area contributed by atoms with E-state index < -0.39 is 16.1 Å². The molecule has 121 heavy (non-hydrogen) atoms. The third-order valence-corrected chi connectivity index (χ3v) is 35.5. The lowest BCUT2D eigenvalue weighted by atomic mass is 10.0. The highest BCUT2D eigenvalue weighted by Crippen LogP contribution is 2.47. The van der Waals surface area contributed by atoms with E-state index in [1.807, 2.05) is 67.3 Å². The van der Waals surface area contributed by atoms with Crippen LogP contribution >= 0.6 is 11.8 Å². The summed E-state index contributed by atoms with van der Waals surface area (Å²) in [4.78, 5) is 24.1. The van der Waals surface area contributed by atoms with E-state index in [0.717, 1.165) is 21.8 Å². The van der Waals surface area contributed by atoms with Crippen molar-refractivity contribution in [3.05, 3.63) is 420 Å². The molecule has 0 amide bonds. The largest absolute Gasteiger partial charge is 0.345 e.